The van der Waals surface area contributed by atoms with Crippen LogP contribution in [0.2, 0.25) is 0 Å². The van der Waals surface area contributed by atoms with E-state index in [1.807, 2.05) is 18.2 Å². The third kappa shape index (κ3) is 3.92. The van der Waals surface area contributed by atoms with Crippen LogP contribution in [0.3, 0.4) is 0 Å². The maximum absolute atomic E-state index is 5.64. The molecule has 2 heteroatoms. The molecule has 0 saturated carbocycles. The van der Waals surface area contributed by atoms with Gasteiger partial charge in [0.25, 0.3) is 0 Å². The van der Waals surface area contributed by atoms with Crippen LogP contribution < -0.4 is 0 Å². The second kappa shape index (κ2) is 5.40. The molecule has 0 aromatic heterocycles. The first-order valence-electron chi connectivity index (χ1n) is 4.49. The van der Waals surface area contributed by atoms with Crippen LogP contribution in [0.1, 0.15) is 19.4 Å². The first kappa shape index (κ1) is 10.7. The van der Waals surface area contributed by atoms with Gasteiger partial charge in [0.1, 0.15) is 0 Å². The molecule has 2 atom stereocenters. The molecule has 0 bridgehead atoms. The Morgan fingerprint density at radius 2 is 1.85 bits per heavy atom. The molecule has 0 heterocycles. The lowest BCUT2D eigenvalue weighted by Crippen LogP contribution is -2.17. The average Bonchev–Trinajstić information content (AvgIpc) is 2.15. The van der Waals surface area contributed by atoms with Gasteiger partial charge in [-0.2, -0.15) is 0 Å². The normalized spacial score (nSPS) is 15.3. The fraction of sp³-hybridized carbons (Fsp3) is 0.455. The van der Waals surface area contributed by atoms with Crippen LogP contribution in [0.4, 0.5) is 0 Å². The lowest BCUT2D eigenvalue weighted by Gasteiger charge is -2.15. The second-order valence-electron chi connectivity index (χ2n) is 3.18. The molecule has 1 aromatic carbocycles. The Morgan fingerprint density at radius 3 is 2.38 bits per heavy atom. The standard InChI is InChI=1S/C11H15BrO/c1-9(12)10(2)13-8-11-6-4-3-5-7-11/h3-7,9-10H,8H2,1-2H3/t9?,10-/m0/s1. The van der Waals surface area contributed by atoms with Crippen molar-refractivity contribution in [2.45, 2.75) is 31.4 Å². The molecule has 0 aliphatic carbocycles. The number of hydrogen-bond acceptors (Lipinski definition) is 1. The molecular formula is C11H15BrO. The Bertz CT molecular complexity index is 233. The first-order valence-corrected chi connectivity index (χ1v) is 5.41. The van der Waals surface area contributed by atoms with Crippen molar-refractivity contribution in [2.75, 3.05) is 0 Å². The van der Waals surface area contributed by atoms with Gasteiger partial charge in [0, 0.05) is 4.83 Å². The van der Waals surface area contributed by atoms with Gasteiger partial charge in [0.15, 0.2) is 0 Å². The van der Waals surface area contributed by atoms with E-state index in [9.17, 15) is 0 Å². The number of alkyl halides is 1. The molecule has 13 heavy (non-hydrogen) atoms. The summed E-state index contributed by atoms with van der Waals surface area (Å²) in [4.78, 5) is 0.399. The van der Waals surface area contributed by atoms with Crippen molar-refractivity contribution in [3.8, 4) is 0 Å². The average molecular weight is 243 g/mol. The fourth-order valence-corrected chi connectivity index (χ4v) is 1.09. The largest absolute Gasteiger partial charge is 0.373 e. The molecule has 0 saturated heterocycles. The van der Waals surface area contributed by atoms with Crippen LogP contribution in [-0.4, -0.2) is 10.9 Å². The van der Waals surface area contributed by atoms with Crippen LogP contribution in [-0.2, 0) is 11.3 Å². The van der Waals surface area contributed by atoms with E-state index >= 15 is 0 Å². The van der Waals surface area contributed by atoms with Crippen molar-refractivity contribution < 1.29 is 4.74 Å². The van der Waals surface area contributed by atoms with Gasteiger partial charge in [0.2, 0.25) is 0 Å². The Balaban J connectivity index is 2.35. The monoisotopic (exact) mass is 242 g/mol. The van der Waals surface area contributed by atoms with Gasteiger partial charge in [-0.3, -0.25) is 0 Å². The molecule has 1 unspecified atom stereocenters. The van der Waals surface area contributed by atoms with E-state index in [1.54, 1.807) is 0 Å². The number of benzene rings is 1. The Labute approximate surface area is 88.2 Å². The Kier molecular flexibility index (Phi) is 4.46. The SMILES string of the molecule is CC(Br)[C@H](C)OCc1ccccc1. The molecule has 72 valence electrons. The summed E-state index contributed by atoms with van der Waals surface area (Å²) in [6.45, 7) is 4.86. The Morgan fingerprint density at radius 1 is 1.23 bits per heavy atom. The highest BCUT2D eigenvalue weighted by atomic mass is 79.9. The molecule has 0 N–H and O–H groups in total. The van der Waals surface area contributed by atoms with E-state index in [2.05, 4.69) is 41.9 Å². The number of ether oxygens (including phenoxy) is 1. The van der Waals surface area contributed by atoms with Crippen molar-refractivity contribution in [2.24, 2.45) is 0 Å². The summed E-state index contributed by atoms with van der Waals surface area (Å²) in [6, 6.07) is 10.2. The lowest BCUT2D eigenvalue weighted by molar-refractivity contribution is 0.0556. The lowest BCUT2D eigenvalue weighted by atomic mass is 10.2. The van der Waals surface area contributed by atoms with Gasteiger partial charge < -0.3 is 4.74 Å². The highest BCUT2D eigenvalue weighted by molar-refractivity contribution is 9.09. The summed E-state index contributed by atoms with van der Waals surface area (Å²) in [5, 5.41) is 0. The van der Waals surface area contributed by atoms with E-state index in [4.69, 9.17) is 4.74 Å². The van der Waals surface area contributed by atoms with Gasteiger partial charge in [-0.15, -0.1) is 0 Å². The summed E-state index contributed by atoms with van der Waals surface area (Å²) in [5.74, 6) is 0. The smallest absolute Gasteiger partial charge is 0.0721 e. The highest BCUT2D eigenvalue weighted by Gasteiger charge is 2.07. The third-order valence-electron chi connectivity index (χ3n) is 2.00. The fourth-order valence-electron chi connectivity index (χ4n) is 0.935. The van der Waals surface area contributed by atoms with Gasteiger partial charge in [0.05, 0.1) is 12.7 Å². The van der Waals surface area contributed by atoms with Crippen LogP contribution in [0.5, 0.6) is 0 Å². The maximum atomic E-state index is 5.64. The van der Waals surface area contributed by atoms with Crippen LogP contribution in [0.15, 0.2) is 30.3 Å². The quantitative estimate of drug-likeness (QED) is 0.736. The van der Waals surface area contributed by atoms with E-state index in [-0.39, 0.29) is 6.10 Å². The van der Waals surface area contributed by atoms with Crippen molar-refractivity contribution in [3.63, 3.8) is 0 Å². The number of halogens is 1. The summed E-state index contributed by atoms with van der Waals surface area (Å²) in [6.07, 6.45) is 0.250. The zero-order valence-electron chi connectivity index (χ0n) is 8.03. The van der Waals surface area contributed by atoms with E-state index in [1.165, 1.54) is 5.56 Å². The second-order valence-corrected chi connectivity index (χ2v) is 4.62. The summed E-state index contributed by atoms with van der Waals surface area (Å²) in [5.41, 5.74) is 1.22. The van der Waals surface area contributed by atoms with E-state index in [0.29, 0.717) is 11.4 Å². The topological polar surface area (TPSA) is 9.23 Å². The zero-order valence-corrected chi connectivity index (χ0v) is 9.62. The van der Waals surface area contributed by atoms with Crippen molar-refractivity contribution >= 4 is 15.9 Å². The molecule has 0 amide bonds. The third-order valence-corrected chi connectivity index (χ3v) is 2.75. The van der Waals surface area contributed by atoms with Gasteiger partial charge in [-0.05, 0) is 12.5 Å². The molecule has 0 aliphatic rings. The minimum Gasteiger partial charge on any atom is -0.373 e. The molecule has 0 radical (unpaired) electrons. The molecule has 1 nitrogen and oxygen atoms in total. The predicted molar refractivity (Wildman–Crippen MR) is 59.1 cm³/mol. The van der Waals surface area contributed by atoms with Crippen molar-refractivity contribution in [1.29, 1.82) is 0 Å². The molecule has 0 spiro atoms. The molecule has 1 aromatic rings. The van der Waals surface area contributed by atoms with Gasteiger partial charge in [-0.1, -0.05) is 53.2 Å². The molecular weight excluding hydrogens is 228 g/mol. The minimum atomic E-state index is 0.250. The molecule has 0 fully saturated rings. The van der Waals surface area contributed by atoms with E-state index in [0.717, 1.165) is 0 Å². The molecule has 1 rings (SSSR count). The zero-order chi connectivity index (χ0) is 9.68. The Hall–Kier alpha value is -0.340. The van der Waals surface area contributed by atoms with Crippen LogP contribution in [0, 0.1) is 0 Å². The predicted octanol–water partition coefficient (Wildman–Crippen LogP) is 3.38. The molecule has 0 aliphatic heterocycles. The highest BCUT2D eigenvalue weighted by Crippen LogP contribution is 2.10. The van der Waals surface area contributed by atoms with Gasteiger partial charge >= 0.3 is 0 Å². The summed E-state index contributed by atoms with van der Waals surface area (Å²) < 4.78 is 5.64. The first-order chi connectivity index (χ1) is 6.20. The van der Waals surface area contributed by atoms with Gasteiger partial charge in [-0.25, -0.2) is 0 Å². The van der Waals surface area contributed by atoms with Crippen molar-refractivity contribution in [1.82, 2.24) is 0 Å². The summed E-state index contributed by atoms with van der Waals surface area (Å²) in [7, 11) is 0. The number of hydrogen-bond donors (Lipinski definition) is 0. The van der Waals surface area contributed by atoms with Crippen molar-refractivity contribution in [3.05, 3.63) is 35.9 Å². The van der Waals surface area contributed by atoms with E-state index < -0.39 is 0 Å². The summed E-state index contributed by atoms with van der Waals surface area (Å²) >= 11 is 3.49. The minimum absolute atomic E-state index is 0.250. The number of rotatable bonds is 4. The maximum Gasteiger partial charge on any atom is 0.0721 e. The van der Waals surface area contributed by atoms with Crippen LogP contribution in [0.25, 0.3) is 0 Å². The van der Waals surface area contributed by atoms with Crippen LogP contribution >= 0.6 is 15.9 Å².